The highest BCUT2D eigenvalue weighted by Crippen LogP contribution is 2.23. The summed E-state index contributed by atoms with van der Waals surface area (Å²) in [6.07, 6.45) is 5.05. The molecule has 0 saturated carbocycles. The summed E-state index contributed by atoms with van der Waals surface area (Å²) in [5.74, 6) is 0.674. The summed E-state index contributed by atoms with van der Waals surface area (Å²) in [5, 5.41) is 9.18. The van der Waals surface area contributed by atoms with Crippen molar-refractivity contribution in [3.63, 3.8) is 0 Å². The minimum Gasteiger partial charge on any atom is -0.444 e. The van der Waals surface area contributed by atoms with Crippen molar-refractivity contribution < 1.29 is 18.7 Å². The molecule has 3 heterocycles. The molecule has 3 N–H and O–H groups in total. The highest BCUT2D eigenvalue weighted by Gasteiger charge is 2.25. The van der Waals surface area contributed by atoms with Crippen molar-refractivity contribution in [2.75, 3.05) is 29.9 Å². The molecule has 0 spiro atoms. The van der Waals surface area contributed by atoms with Gasteiger partial charge in [-0.1, -0.05) is 18.2 Å². The fraction of sp³-hybridized carbons (Fsp3) is 0.400. The van der Waals surface area contributed by atoms with E-state index in [-0.39, 0.29) is 17.8 Å². The van der Waals surface area contributed by atoms with Crippen molar-refractivity contribution in [1.29, 1.82) is 0 Å². The van der Waals surface area contributed by atoms with Gasteiger partial charge in [-0.3, -0.25) is 9.78 Å². The number of carbonyl (C=O) groups excluding carboxylic acids is 2. The molecule has 3 aromatic rings. The maximum atomic E-state index is 13.6. The van der Waals surface area contributed by atoms with Gasteiger partial charge in [0.1, 0.15) is 23.1 Å². The number of nitrogens with zero attached hydrogens (tertiary/aromatic N) is 3. The molecule has 0 radical (unpaired) electrons. The molecule has 1 fully saturated rings. The van der Waals surface area contributed by atoms with Crippen LogP contribution in [-0.2, 0) is 17.7 Å². The highest BCUT2D eigenvalue weighted by atomic mass is 19.1. The zero-order valence-corrected chi connectivity index (χ0v) is 23.2. The van der Waals surface area contributed by atoms with E-state index in [0.717, 1.165) is 29.8 Å². The van der Waals surface area contributed by atoms with Crippen molar-refractivity contribution in [1.82, 2.24) is 20.6 Å². The summed E-state index contributed by atoms with van der Waals surface area (Å²) in [6.45, 7) is 7.74. The Balaban J connectivity index is 1.42. The Kier molecular flexibility index (Phi) is 9.52. The average molecular weight is 549 g/mol. The van der Waals surface area contributed by atoms with E-state index >= 15 is 0 Å². The molecule has 1 aliphatic rings. The lowest BCUT2D eigenvalue weighted by atomic mass is 10.1. The van der Waals surface area contributed by atoms with Gasteiger partial charge >= 0.3 is 6.09 Å². The minimum absolute atomic E-state index is 0.0208. The fourth-order valence-electron chi connectivity index (χ4n) is 4.47. The molecule has 2 aromatic heterocycles. The monoisotopic (exact) mass is 548 g/mol. The summed E-state index contributed by atoms with van der Waals surface area (Å²) in [5.41, 5.74) is 1.63. The van der Waals surface area contributed by atoms with E-state index in [9.17, 15) is 14.0 Å². The van der Waals surface area contributed by atoms with E-state index < -0.39 is 11.7 Å². The molecule has 1 aliphatic heterocycles. The number of pyridine rings is 2. The van der Waals surface area contributed by atoms with Crippen LogP contribution < -0.4 is 20.9 Å². The Morgan fingerprint density at radius 2 is 1.85 bits per heavy atom. The molecule has 1 saturated heterocycles. The number of nitrogens with one attached hydrogen (secondary N) is 3. The van der Waals surface area contributed by atoms with Crippen molar-refractivity contribution in [2.24, 2.45) is 0 Å². The first-order chi connectivity index (χ1) is 19.2. The molecular formula is C30H37FN6O3. The van der Waals surface area contributed by atoms with Gasteiger partial charge in [0.25, 0.3) is 5.91 Å². The largest absolute Gasteiger partial charge is 0.444 e. The second kappa shape index (κ2) is 13.2. The molecule has 1 aromatic carbocycles. The predicted molar refractivity (Wildman–Crippen MR) is 153 cm³/mol. The quantitative estimate of drug-likeness (QED) is 0.356. The van der Waals surface area contributed by atoms with Gasteiger partial charge in [0.2, 0.25) is 0 Å². The van der Waals surface area contributed by atoms with Gasteiger partial charge in [-0.25, -0.2) is 14.2 Å². The van der Waals surface area contributed by atoms with Crippen LogP contribution in [0.15, 0.2) is 60.9 Å². The zero-order valence-electron chi connectivity index (χ0n) is 23.2. The molecule has 0 aliphatic carbocycles. The van der Waals surface area contributed by atoms with Crippen molar-refractivity contribution in [3.8, 4) is 0 Å². The van der Waals surface area contributed by atoms with E-state index in [1.165, 1.54) is 12.1 Å². The summed E-state index contributed by atoms with van der Waals surface area (Å²) in [6, 6.07) is 13.8. The van der Waals surface area contributed by atoms with Gasteiger partial charge in [-0.05, 0) is 81.5 Å². The van der Waals surface area contributed by atoms with Crippen molar-refractivity contribution in [3.05, 3.63) is 83.4 Å². The molecule has 2 amide bonds. The summed E-state index contributed by atoms with van der Waals surface area (Å²) in [4.78, 5) is 36.3. The third-order valence-electron chi connectivity index (χ3n) is 6.44. The highest BCUT2D eigenvalue weighted by molar-refractivity contribution is 5.99. The van der Waals surface area contributed by atoms with Crippen LogP contribution in [0.3, 0.4) is 0 Å². The van der Waals surface area contributed by atoms with Crippen LogP contribution in [0.5, 0.6) is 0 Å². The summed E-state index contributed by atoms with van der Waals surface area (Å²) >= 11 is 0. The van der Waals surface area contributed by atoms with Crippen LogP contribution in [0.4, 0.5) is 20.8 Å². The molecule has 212 valence electrons. The van der Waals surface area contributed by atoms with Gasteiger partial charge in [0, 0.05) is 44.6 Å². The molecule has 9 nitrogen and oxygen atoms in total. The van der Waals surface area contributed by atoms with Crippen LogP contribution >= 0.6 is 0 Å². The van der Waals surface area contributed by atoms with Crippen LogP contribution in [0, 0.1) is 5.82 Å². The lowest BCUT2D eigenvalue weighted by molar-refractivity contribution is 0.0497. The molecule has 0 unspecified atom stereocenters. The Morgan fingerprint density at radius 3 is 2.55 bits per heavy atom. The van der Waals surface area contributed by atoms with Gasteiger partial charge in [-0.15, -0.1) is 0 Å². The van der Waals surface area contributed by atoms with Gasteiger partial charge in [0.15, 0.2) is 0 Å². The molecule has 0 atom stereocenters. The number of aromatic nitrogens is 2. The Morgan fingerprint density at radius 1 is 1.07 bits per heavy atom. The smallest absolute Gasteiger partial charge is 0.407 e. The zero-order chi connectivity index (χ0) is 28.5. The first-order valence-electron chi connectivity index (χ1n) is 13.6. The first kappa shape index (κ1) is 28.8. The predicted octanol–water partition coefficient (Wildman–Crippen LogP) is 4.69. The second-order valence-corrected chi connectivity index (χ2v) is 10.8. The normalized spacial score (nSPS) is 13.9. The van der Waals surface area contributed by atoms with Crippen molar-refractivity contribution in [2.45, 2.75) is 58.2 Å². The molecule has 10 heteroatoms. The van der Waals surface area contributed by atoms with Crippen LogP contribution in [-0.4, -0.2) is 53.2 Å². The minimum atomic E-state index is -0.543. The maximum Gasteiger partial charge on any atom is 0.407 e. The van der Waals surface area contributed by atoms with E-state index in [1.807, 2.05) is 45.0 Å². The number of rotatable bonds is 9. The third-order valence-corrected chi connectivity index (χ3v) is 6.44. The number of hydrogen-bond acceptors (Lipinski definition) is 7. The number of hydrogen-bond donors (Lipinski definition) is 3. The number of carbonyl (C=O) groups is 2. The van der Waals surface area contributed by atoms with Crippen molar-refractivity contribution >= 4 is 23.6 Å². The molecule has 4 rings (SSSR count). The Hall–Kier alpha value is -4.21. The van der Waals surface area contributed by atoms with Crippen LogP contribution in [0.25, 0.3) is 0 Å². The van der Waals surface area contributed by atoms with Gasteiger partial charge < -0.3 is 25.6 Å². The van der Waals surface area contributed by atoms with E-state index in [4.69, 9.17) is 9.72 Å². The summed E-state index contributed by atoms with van der Waals surface area (Å²) in [7, 11) is 0. The SMILES string of the molecule is CC(C)(C)OC(=O)NC1CCN(c2ccc(C(=O)NCc3cccnc3)c(NCCc3cccc(F)c3)n2)CC1. The maximum absolute atomic E-state index is 13.6. The number of halogens is 1. The first-order valence-corrected chi connectivity index (χ1v) is 13.6. The molecule has 0 bridgehead atoms. The third kappa shape index (κ3) is 8.65. The lowest BCUT2D eigenvalue weighted by Crippen LogP contribution is -2.46. The Labute approximate surface area is 234 Å². The standard InChI is InChI=1S/C30H37FN6O3/c1-30(2,3)40-29(39)35-24-12-16-37(17-13-24)26-10-9-25(28(38)34-20-22-7-5-14-32-19-22)27(36-26)33-15-11-21-6-4-8-23(31)18-21/h4-10,14,18-19,24H,11-13,15-17,20H2,1-3H3,(H,33,36)(H,34,38)(H,35,39). The van der Waals surface area contributed by atoms with Crippen LogP contribution in [0.1, 0.15) is 55.1 Å². The number of amides is 2. The number of alkyl carbamates (subject to hydrolysis) is 1. The number of ether oxygens (including phenoxy) is 1. The number of piperidine rings is 1. The van der Waals surface area contributed by atoms with Gasteiger partial charge in [0.05, 0.1) is 5.56 Å². The van der Waals surface area contributed by atoms with E-state index in [0.29, 0.717) is 44.0 Å². The summed E-state index contributed by atoms with van der Waals surface area (Å²) < 4.78 is 19.0. The fourth-order valence-corrected chi connectivity index (χ4v) is 4.47. The molecular weight excluding hydrogens is 511 g/mol. The molecule has 40 heavy (non-hydrogen) atoms. The Bertz CT molecular complexity index is 1290. The van der Waals surface area contributed by atoms with E-state index in [1.54, 1.807) is 24.5 Å². The number of benzene rings is 1. The van der Waals surface area contributed by atoms with Gasteiger partial charge in [-0.2, -0.15) is 0 Å². The topological polar surface area (TPSA) is 108 Å². The van der Waals surface area contributed by atoms with E-state index in [2.05, 4.69) is 25.8 Å². The van der Waals surface area contributed by atoms with Crippen LogP contribution in [0.2, 0.25) is 0 Å². The number of anilines is 2. The average Bonchev–Trinajstić information content (AvgIpc) is 2.92. The lowest BCUT2D eigenvalue weighted by Gasteiger charge is -2.33. The second-order valence-electron chi connectivity index (χ2n) is 10.8.